The first-order valence-corrected chi connectivity index (χ1v) is 5.92. The Morgan fingerprint density at radius 1 is 1.13 bits per heavy atom. The lowest BCUT2D eigenvalue weighted by atomic mass is 10.6. The number of nitrogens with one attached hydrogen (secondary N) is 1. The highest BCUT2D eigenvalue weighted by Gasteiger charge is 1.94. The summed E-state index contributed by atoms with van der Waals surface area (Å²) in [6, 6.07) is 0. The molecule has 0 saturated heterocycles. The molecule has 15 heavy (non-hydrogen) atoms. The summed E-state index contributed by atoms with van der Waals surface area (Å²) >= 11 is 0. The summed E-state index contributed by atoms with van der Waals surface area (Å²) in [4.78, 5) is 10.4. The number of rotatable bonds is 3. The number of ether oxygens (including phenoxy) is 1. The van der Waals surface area contributed by atoms with Gasteiger partial charge in [-0.05, 0) is 6.92 Å². The Labute approximate surface area is 95.6 Å². The van der Waals surface area contributed by atoms with Crippen LogP contribution >= 0.6 is 0 Å². The van der Waals surface area contributed by atoms with Gasteiger partial charge in [-0.3, -0.25) is 0 Å². The number of carbonyl (C=O) groups is 1. The van der Waals surface area contributed by atoms with Crippen LogP contribution in [-0.4, -0.2) is 25.8 Å². The lowest BCUT2D eigenvalue weighted by molar-refractivity contribution is 0.152. The fourth-order valence-corrected chi connectivity index (χ4v) is 0.356. The summed E-state index contributed by atoms with van der Waals surface area (Å²) in [5.74, 6) is 0. The lowest BCUT2D eigenvalue weighted by Crippen LogP contribution is -2.29. The first kappa shape index (κ1) is 23.8. The Morgan fingerprint density at radius 2 is 1.53 bits per heavy atom. The maximum absolute atomic E-state index is 10.4. The van der Waals surface area contributed by atoms with Gasteiger partial charge in [0.15, 0.2) is 0 Å². The van der Waals surface area contributed by atoms with Gasteiger partial charge in [0.1, 0.15) is 0 Å². The third-order valence-corrected chi connectivity index (χ3v) is 0.689. The number of nitrogens with two attached hydrogens (primary N) is 1. The average molecular weight is 222 g/mol. The monoisotopic (exact) mass is 222 g/mol. The van der Waals surface area contributed by atoms with Crippen LogP contribution in [0.4, 0.5) is 4.79 Å². The standard InChI is InChI=1S/C5H12N2O2.3C2H6/c1-2-9-5(8)7-4-3-6;3*1-2/h2-4,6H2,1H3,(H,7,8);3*1-2H3. The second-order valence-electron chi connectivity index (χ2n) is 1.44. The Kier molecular flexibility index (Phi) is 60.1. The molecule has 4 nitrogen and oxygen atoms in total. The molecular weight excluding hydrogens is 192 g/mol. The van der Waals surface area contributed by atoms with Crippen molar-refractivity contribution in [3.63, 3.8) is 0 Å². The van der Waals surface area contributed by atoms with E-state index in [0.717, 1.165) is 0 Å². The number of amides is 1. The van der Waals surface area contributed by atoms with E-state index in [1.54, 1.807) is 6.92 Å². The van der Waals surface area contributed by atoms with E-state index in [1.165, 1.54) is 0 Å². The quantitative estimate of drug-likeness (QED) is 0.771. The molecule has 0 aliphatic rings. The van der Waals surface area contributed by atoms with Crippen molar-refractivity contribution < 1.29 is 9.53 Å². The molecule has 0 aliphatic carbocycles. The highest BCUT2D eigenvalue weighted by atomic mass is 16.5. The third kappa shape index (κ3) is 43.0. The topological polar surface area (TPSA) is 64.3 Å². The van der Waals surface area contributed by atoms with E-state index >= 15 is 0 Å². The summed E-state index contributed by atoms with van der Waals surface area (Å²) in [7, 11) is 0. The van der Waals surface area contributed by atoms with Gasteiger partial charge in [-0.25, -0.2) is 4.79 Å². The normalized spacial score (nSPS) is 6.40. The van der Waals surface area contributed by atoms with Crippen molar-refractivity contribution in [2.24, 2.45) is 5.73 Å². The van der Waals surface area contributed by atoms with Crippen molar-refractivity contribution in [2.75, 3.05) is 19.7 Å². The van der Waals surface area contributed by atoms with Crippen molar-refractivity contribution in [1.82, 2.24) is 5.32 Å². The molecule has 0 spiro atoms. The van der Waals surface area contributed by atoms with Crippen LogP contribution < -0.4 is 11.1 Å². The fourth-order valence-electron chi connectivity index (χ4n) is 0.356. The number of hydrogen-bond donors (Lipinski definition) is 2. The molecule has 96 valence electrons. The third-order valence-electron chi connectivity index (χ3n) is 0.689. The van der Waals surface area contributed by atoms with Gasteiger partial charge in [-0.2, -0.15) is 0 Å². The minimum Gasteiger partial charge on any atom is -0.450 e. The fraction of sp³-hybridized carbons (Fsp3) is 0.909. The molecule has 0 aromatic carbocycles. The minimum absolute atomic E-state index is 0.399. The van der Waals surface area contributed by atoms with Crippen molar-refractivity contribution >= 4 is 6.09 Å². The van der Waals surface area contributed by atoms with Crippen LogP contribution in [0.2, 0.25) is 0 Å². The molecule has 0 atom stereocenters. The predicted octanol–water partition coefficient (Wildman–Crippen LogP) is 2.77. The summed E-state index contributed by atoms with van der Waals surface area (Å²) in [6.45, 7) is 15.1. The van der Waals surface area contributed by atoms with Gasteiger partial charge in [0.05, 0.1) is 6.61 Å². The highest BCUT2D eigenvalue weighted by Crippen LogP contribution is 1.72. The first-order chi connectivity index (χ1) is 7.31. The molecule has 0 aliphatic heterocycles. The van der Waals surface area contributed by atoms with Crippen molar-refractivity contribution in [1.29, 1.82) is 0 Å². The van der Waals surface area contributed by atoms with Gasteiger partial charge in [0.25, 0.3) is 0 Å². The van der Waals surface area contributed by atoms with Gasteiger partial charge >= 0.3 is 6.09 Å². The molecule has 0 saturated carbocycles. The molecule has 0 radical (unpaired) electrons. The second kappa shape index (κ2) is 37.9. The lowest BCUT2D eigenvalue weighted by Gasteiger charge is -2.01. The van der Waals surface area contributed by atoms with Gasteiger partial charge in [-0.15, -0.1) is 0 Å². The van der Waals surface area contributed by atoms with Crippen molar-refractivity contribution in [3.05, 3.63) is 0 Å². The van der Waals surface area contributed by atoms with E-state index in [4.69, 9.17) is 5.73 Å². The summed E-state index contributed by atoms with van der Waals surface area (Å²) in [6.07, 6.45) is -0.400. The van der Waals surface area contributed by atoms with Crippen LogP contribution in [0, 0.1) is 0 Å². The smallest absolute Gasteiger partial charge is 0.407 e. The SMILES string of the molecule is CC.CC.CC.CCOC(=O)NCCN. The first-order valence-electron chi connectivity index (χ1n) is 5.92. The Hall–Kier alpha value is -0.770. The maximum atomic E-state index is 10.4. The van der Waals surface area contributed by atoms with E-state index in [9.17, 15) is 4.79 Å². The van der Waals surface area contributed by atoms with E-state index < -0.39 is 6.09 Å². The van der Waals surface area contributed by atoms with E-state index in [1.807, 2.05) is 41.5 Å². The summed E-state index contributed by atoms with van der Waals surface area (Å²) in [5.41, 5.74) is 5.10. The number of alkyl carbamates (subject to hydrolysis) is 1. The van der Waals surface area contributed by atoms with E-state index in [-0.39, 0.29) is 0 Å². The van der Waals surface area contributed by atoms with Crippen LogP contribution in [0.5, 0.6) is 0 Å². The molecule has 0 unspecified atom stereocenters. The molecule has 0 heterocycles. The molecular formula is C11H30N2O2. The van der Waals surface area contributed by atoms with Gasteiger partial charge in [0, 0.05) is 13.1 Å². The molecule has 0 bridgehead atoms. The molecule has 0 aromatic heterocycles. The van der Waals surface area contributed by atoms with Gasteiger partial charge in [-0.1, -0.05) is 41.5 Å². The average Bonchev–Trinajstić information content (AvgIpc) is 2.34. The zero-order valence-corrected chi connectivity index (χ0v) is 11.5. The molecule has 1 amide bonds. The largest absolute Gasteiger partial charge is 0.450 e. The molecule has 4 heteroatoms. The number of hydrogen-bond acceptors (Lipinski definition) is 3. The minimum atomic E-state index is -0.400. The Morgan fingerprint density at radius 3 is 1.80 bits per heavy atom. The zero-order chi connectivity index (χ0) is 13.1. The predicted molar refractivity (Wildman–Crippen MR) is 68.1 cm³/mol. The van der Waals surface area contributed by atoms with Gasteiger partial charge in [0.2, 0.25) is 0 Å². The molecule has 0 fully saturated rings. The van der Waals surface area contributed by atoms with Crippen LogP contribution in [0.15, 0.2) is 0 Å². The molecule has 3 N–H and O–H groups in total. The second-order valence-corrected chi connectivity index (χ2v) is 1.44. The summed E-state index contributed by atoms with van der Waals surface area (Å²) < 4.78 is 4.54. The van der Waals surface area contributed by atoms with Crippen LogP contribution in [0.1, 0.15) is 48.5 Å². The van der Waals surface area contributed by atoms with Crippen molar-refractivity contribution in [3.8, 4) is 0 Å². The van der Waals surface area contributed by atoms with Crippen LogP contribution in [-0.2, 0) is 4.74 Å². The van der Waals surface area contributed by atoms with E-state index in [2.05, 4.69) is 10.1 Å². The molecule has 0 rings (SSSR count). The van der Waals surface area contributed by atoms with Crippen LogP contribution in [0.25, 0.3) is 0 Å². The van der Waals surface area contributed by atoms with Gasteiger partial charge < -0.3 is 15.8 Å². The highest BCUT2D eigenvalue weighted by molar-refractivity contribution is 5.66. The van der Waals surface area contributed by atoms with Crippen molar-refractivity contribution in [2.45, 2.75) is 48.5 Å². The maximum Gasteiger partial charge on any atom is 0.407 e. The Bertz CT molecular complexity index is 88.7. The van der Waals surface area contributed by atoms with E-state index in [0.29, 0.717) is 19.7 Å². The molecule has 0 aromatic rings. The summed E-state index contributed by atoms with van der Waals surface area (Å²) in [5, 5.41) is 2.45. The zero-order valence-electron chi connectivity index (χ0n) is 11.5. The number of carbonyl (C=O) groups excluding carboxylic acids is 1. The Balaban J connectivity index is -0.0000000860. The van der Waals surface area contributed by atoms with Crippen LogP contribution in [0.3, 0.4) is 0 Å².